The molecule has 0 aromatic heterocycles. The summed E-state index contributed by atoms with van der Waals surface area (Å²) in [4.78, 5) is 23.7. The van der Waals surface area contributed by atoms with Crippen molar-refractivity contribution in [1.29, 1.82) is 0 Å². The average molecular weight is 237 g/mol. The normalized spacial score (nSPS) is 15.4. The Bertz CT molecular complexity index is 459. The van der Waals surface area contributed by atoms with Crippen LogP contribution < -0.4 is 0 Å². The van der Waals surface area contributed by atoms with E-state index in [1.54, 1.807) is 0 Å². The van der Waals surface area contributed by atoms with Gasteiger partial charge in [-0.05, 0) is 12.1 Å². The third-order valence-corrected chi connectivity index (χ3v) is 2.67. The molecule has 0 radical (unpaired) electrons. The quantitative estimate of drug-likeness (QED) is 0.685. The predicted octanol–water partition coefficient (Wildman–Crippen LogP) is 0.254. The number of hydrogen-bond acceptors (Lipinski definition) is 4. The first kappa shape index (κ1) is 11.3. The molecule has 0 spiro atoms. The molecular weight excluding hydrogens is 226 g/mol. The van der Waals surface area contributed by atoms with E-state index in [4.69, 9.17) is 5.11 Å². The van der Waals surface area contributed by atoms with Crippen molar-refractivity contribution in [1.82, 2.24) is 4.90 Å². The van der Waals surface area contributed by atoms with Gasteiger partial charge in [0.25, 0.3) is 5.91 Å². The fraction of sp³-hybridized carbons (Fsp3) is 0.273. The van der Waals surface area contributed by atoms with Crippen LogP contribution in [0.3, 0.4) is 0 Å². The summed E-state index contributed by atoms with van der Waals surface area (Å²) in [5.41, 5.74) is 0.145. The molecule has 3 N–H and O–H groups in total. The smallest absolute Gasteiger partial charge is 0.310 e. The van der Waals surface area contributed by atoms with Crippen molar-refractivity contribution in [3.05, 3.63) is 23.8 Å². The van der Waals surface area contributed by atoms with Gasteiger partial charge in [0.05, 0.1) is 5.92 Å². The Hall–Kier alpha value is -2.24. The molecule has 1 aromatic rings. The number of aliphatic carboxylic acids is 1. The maximum atomic E-state index is 11.8. The maximum Gasteiger partial charge on any atom is 0.310 e. The van der Waals surface area contributed by atoms with Gasteiger partial charge in [0.1, 0.15) is 11.5 Å². The molecule has 6 heteroatoms. The largest absolute Gasteiger partial charge is 0.508 e. The molecule has 1 saturated heterocycles. The van der Waals surface area contributed by atoms with Gasteiger partial charge in [-0.1, -0.05) is 0 Å². The van der Waals surface area contributed by atoms with Crippen molar-refractivity contribution in [2.75, 3.05) is 13.1 Å². The Morgan fingerprint density at radius 3 is 2.12 bits per heavy atom. The highest BCUT2D eigenvalue weighted by molar-refractivity contribution is 5.96. The van der Waals surface area contributed by atoms with Crippen LogP contribution in [0, 0.1) is 5.92 Å². The molecule has 1 aromatic carbocycles. The van der Waals surface area contributed by atoms with Gasteiger partial charge in [-0.25, -0.2) is 0 Å². The number of amides is 1. The maximum absolute atomic E-state index is 11.8. The highest BCUT2D eigenvalue weighted by atomic mass is 16.4. The zero-order valence-corrected chi connectivity index (χ0v) is 8.83. The van der Waals surface area contributed by atoms with E-state index in [2.05, 4.69) is 0 Å². The number of phenols is 2. The lowest BCUT2D eigenvalue weighted by molar-refractivity contribution is -0.146. The van der Waals surface area contributed by atoms with E-state index in [1.807, 2.05) is 0 Å². The van der Waals surface area contributed by atoms with E-state index >= 15 is 0 Å². The third-order valence-electron chi connectivity index (χ3n) is 2.67. The summed E-state index contributed by atoms with van der Waals surface area (Å²) in [6.45, 7) is 0.315. The molecule has 17 heavy (non-hydrogen) atoms. The minimum atomic E-state index is -0.923. The Kier molecular flexibility index (Phi) is 2.63. The Morgan fingerprint density at radius 1 is 1.12 bits per heavy atom. The number of nitrogens with zero attached hydrogens (tertiary/aromatic N) is 1. The minimum absolute atomic E-state index is 0.145. The molecule has 6 nitrogen and oxygen atoms in total. The lowest BCUT2D eigenvalue weighted by atomic mass is 9.99. The second-order valence-electron chi connectivity index (χ2n) is 3.98. The molecule has 1 aliphatic rings. The van der Waals surface area contributed by atoms with Gasteiger partial charge in [0.15, 0.2) is 0 Å². The average Bonchev–Trinajstić information content (AvgIpc) is 2.12. The van der Waals surface area contributed by atoms with Crippen LogP contribution in [0.25, 0.3) is 0 Å². The summed E-state index contributed by atoms with van der Waals surface area (Å²) in [7, 11) is 0. The highest BCUT2D eigenvalue weighted by Crippen LogP contribution is 2.24. The van der Waals surface area contributed by atoms with E-state index in [-0.39, 0.29) is 30.2 Å². The van der Waals surface area contributed by atoms with Crippen LogP contribution in [0.2, 0.25) is 0 Å². The van der Waals surface area contributed by atoms with E-state index in [9.17, 15) is 19.8 Å². The topological polar surface area (TPSA) is 98.1 Å². The van der Waals surface area contributed by atoms with Gasteiger partial charge >= 0.3 is 5.97 Å². The Morgan fingerprint density at radius 2 is 1.65 bits per heavy atom. The first-order chi connectivity index (χ1) is 7.97. The van der Waals surface area contributed by atoms with Crippen LogP contribution in [0.4, 0.5) is 0 Å². The van der Waals surface area contributed by atoms with E-state index in [1.165, 1.54) is 17.0 Å². The number of aromatic hydroxyl groups is 2. The zero-order valence-electron chi connectivity index (χ0n) is 8.83. The molecule has 1 aliphatic heterocycles. The molecule has 1 amide bonds. The summed E-state index contributed by atoms with van der Waals surface area (Å²) >= 11 is 0. The molecule has 0 saturated carbocycles. The second-order valence-corrected chi connectivity index (χ2v) is 3.98. The zero-order chi connectivity index (χ0) is 12.6. The van der Waals surface area contributed by atoms with Crippen LogP contribution in [-0.2, 0) is 4.79 Å². The predicted molar refractivity (Wildman–Crippen MR) is 56.8 cm³/mol. The van der Waals surface area contributed by atoms with E-state index in [0.29, 0.717) is 0 Å². The molecule has 1 fully saturated rings. The van der Waals surface area contributed by atoms with Crippen molar-refractivity contribution in [2.45, 2.75) is 0 Å². The molecule has 0 atom stereocenters. The van der Waals surface area contributed by atoms with Gasteiger partial charge < -0.3 is 20.2 Å². The third kappa shape index (κ3) is 2.15. The lowest BCUT2D eigenvalue weighted by Crippen LogP contribution is -2.53. The summed E-state index contributed by atoms with van der Waals surface area (Å²) in [6.07, 6.45) is 0. The first-order valence-corrected chi connectivity index (χ1v) is 5.02. The monoisotopic (exact) mass is 237 g/mol. The van der Waals surface area contributed by atoms with Gasteiger partial charge in [-0.2, -0.15) is 0 Å². The van der Waals surface area contributed by atoms with Gasteiger partial charge in [-0.3, -0.25) is 9.59 Å². The number of benzene rings is 1. The number of rotatable bonds is 2. The van der Waals surface area contributed by atoms with Crippen LogP contribution in [0.1, 0.15) is 10.4 Å². The number of carboxylic acid groups (broad SMARTS) is 1. The number of likely N-dealkylation sites (tertiary alicyclic amines) is 1. The number of phenolic OH excluding ortho intramolecular Hbond substituents is 2. The summed E-state index contributed by atoms with van der Waals surface area (Å²) in [5, 5.41) is 27.1. The molecule has 2 rings (SSSR count). The Balaban J connectivity index is 2.09. The SMILES string of the molecule is O=C(O)C1CN(C(=O)c2cc(O)cc(O)c2)C1. The second kappa shape index (κ2) is 3.97. The minimum Gasteiger partial charge on any atom is -0.508 e. The fourth-order valence-corrected chi connectivity index (χ4v) is 1.70. The van der Waals surface area contributed by atoms with E-state index < -0.39 is 17.8 Å². The standard InChI is InChI=1S/C11H11NO5/c13-8-1-6(2-9(14)3-8)10(15)12-4-7(5-12)11(16)17/h1-3,7,13-14H,4-5H2,(H,16,17). The van der Waals surface area contributed by atoms with Crippen molar-refractivity contribution in [2.24, 2.45) is 5.92 Å². The molecule has 90 valence electrons. The highest BCUT2D eigenvalue weighted by Gasteiger charge is 2.36. The van der Waals surface area contributed by atoms with Crippen molar-refractivity contribution < 1.29 is 24.9 Å². The lowest BCUT2D eigenvalue weighted by Gasteiger charge is -2.36. The number of hydrogen-bond donors (Lipinski definition) is 3. The van der Waals surface area contributed by atoms with Gasteiger partial charge in [0.2, 0.25) is 0 Å². The molecular formula is C11H11NO5. The summed E-state index contributed by atoms with van der Waals surface area (Å²) in [6, 6.07) is 3.58. The Labute approximate surface area is 96.7 Å². The fourth-order valence-electron chi connectivity index (χ4n) is 1.70. The summed E-state index contributed by atoms with van der Waals surface area (Å²) in [5.74, 6) is -2.25. The van der Waals surface area contributed by atoms with Crippen molar-refractivity contribution in [3.63, 3.8) is 0 Å². The van der Waals surface area contributed by atoms with Crippen molar-refractivity contribution in [3.8, 4) is 11.5 Å². The number of carboxylic acids is 1. The van der Waals surface area contributed by atoms with E-state index in [0.717, 1.165) is 6.07 Å². The molecule has 0 bridgehead atoms. The van der Waals surface area contributed by atoms with Gasteiger partial charge in [0, 0.05) is 24.7 Å². The molecule has 0 unspecified atom stereocenters. The molecule has 1 heterocycles. The summed E-state index contributed by atoms with van der Waals surface area (Å²) < 4.78 is 0. The van der Waals surface area contributed by atoms with Crippen LogP contribution >= 0.6 is 0 Å². The van der Waals surface area contributed by atoms with Crippen LogP contribution in [0.5, 0.6) is 11.5 Å². The number of carbonyl (C=O) groups excluding carboxylic acids is 1. The van der Waals surface area contributed by atoms with Crippen LogP contribution in [0.15, 0.2) is 18.2 Å². The van der Waals surface area contributed by atoms with Crippen LogP contribution in [-0.4, -0.2) is 45.2 Å². The van der Waals surface area contributed by atoms with Gasteiger partial charge in [-0.15, -0.1) is 0 Å². The van der Waals surface area contributed by atoms with Crippen molar-refractivity contribution >= 4 is 11.9 Å². The molecule has 0 aliphatic carbocycles. The number of carbonyl (C=O) groups is 2. The first-order valence-electron chi connectivity index (χ1n) is 5.02.